The number of carbonyl (C=O) groups is 2. The molecule has 1 N–H and O–H groups in total. The zero-order valence-electron chi connectivity index (χ0n) is 16.5. The summed E-state index contributed by atoms with van der Waals surface area (Å²) in [7, 11) is 1.36. The zero-order chi connectivity index (χ0) is 20.5. The van der Waals surface area contributed by atoms with Gasteiger partial charge in [0, 0.05) is 22.6 Å². The van der Waals surface area contributed by atoms with Crippen molar-refractivity contribution in [1.29, 1.82) is 0 Å². The van der Waals surface area contributed by atoms with Crippen LogP contribution in [0.5, 0.6) is 0 Å². The van der Waals surface area contributed by atoms with Gasteiger partial charge in [-0.2, -0.15) is 4.98 Å². The lowest BCUT2D eigenvalue weighted by Gasteiger charge is -2.34. The highest BCUT2D eigenvalue weighted by atomic mass is 32.2. The van der Waals surface area contributed by atoms with Gasteiger partial charge >= 0.3 is 5.97 Å². The van der Waals surface area contributed by atoms with E-state index in [-0.39, 0.29) is 29.5 Å². The Bertz CT molecular complexity index is 984. The van der Waals surface area contributed by atoms with E-state index in [2.05, 4.69) is 34.5 Å². The summed E-state index contributed by atoms with van der Waals surface area (Å²) in [5, 5.41) is 8.40. The lowest BCUT2D eigenvalue weighted by atomic mass is 9.81. The van der Waals surface area contributed by atoms with Gasteiger partial charge < -0.3 is 10.1 Å². The molecule has 4 rings (SSSR count). The molecule has 9 heteroatoms. The summed E-state index contributed by atoms with van der Waals surface area (Å²) in [6.45, 7) is 2.09. The van der Waals surface area contributed by atoms with Gasteiger partial charge in [-0.05, 0) is 36.3 Å². The maximum absolute atomic E-state index is 13.0. The molecule has 0 spiro atoms. The van der Waals surface area contributed by atoms with Gasteiger partial charge in [0.15, 0.2) is 5.78 Å². The fourth-order valence-electron chi connectivity index (χ4n) is 3.73. The molecule has 0 saturated heterocycles. The van der Waals surface area contributed by atoms with Crippen molar-refractivity contribution in [3.8, 4) is 0 Å². The van der Waals surface area contributed by atoms with Gasteiger partial charge in [0.05, 0.1) is 12.9 Å². The van der Waals surface area contributed by atoms with Crippen molar-refractivity contribution in [3.05, 3.63) is 41.1 Å². The molecule has 2 aromatic rings. The molecule has 1 aliphatic carbocycles. The van der Waals surface area contributed by atoms with Crippen molar-refractivity contribution >= 4 is 41.2 Å². The van der Waals surface area contributed by atoms with Crippen molar-refractivity contribution in [3.63, 3.8) is 0 Å². The third-order valence-corrected chi connectivity index (χ3v) is 6.64. The van der Waals surface area contributed by atoms with E-state index in [0.717, 1.165) is 28.1 Å². The Hall–Kier alpha value is -2.26. The van der Waals surface area contributed by atoms with Crippen molar-refractivity contribution < 1.29 is 14.3 Å². The number of Topliss-reactive ketones (excluding diaryl/α,β-unsaturated/α-hetero) is 1. The average molecular weight is 431 g/mol. The molecule has 0 bridgehead atoms. The van der Waals surface area contributed by atoms with E-state index in [0.29, 0.717) is 17.5 Å². The van der Waals surface area contributed by atoms with Gasteiger partial charge in [-0.1, -0.05) is 30.8 Å². The average Bonchev–Trinajstić information content (AvgIpc) is 3.12. The number of ketones is 1. The third-order valence-electron chi connectivity index (χ3n) is 5.08. The van der Waals surface area contributed by atoms with Crippen LogP contribution in [0.2, 0.25) is 0 Å². The summed E-state index contributed by atoms with van der Waals surface area (Å²) in [5.41, 5.74) is 2.69. The van der Waals surface area contributed by atoms with E-state index < -0.39 is 0 Å². The first-order valence-corrected chi connectivity index (χ1v) is 11.5. The van der Waals surface area contributed by atoms with E-state index in [1.807, 2.05) is 18.4 Å². The number of aromatic nitrogens is 3. The van der Waals surface area contributed by atoms with E-state index in [9.17, 15) is 9.59 Å². The quantitative estimate of drug-likeness (QED) is 0.569. The van der Waals surface area contributed by atoms with E-state index in [1.165, 1.54) is 18.9 Å². The highest BCUT2D eigenvalue weighted by Gasteiger charge is 2.38. The van der Waals surface area contributed by atoms with Crippen LogP contribution < -0.4 is 5.32 Å². The summed E-state index contributed by atoms with van der Waals surface area (Å²) in [5.74, 6) is 0.834. The van der Waals surface area contributed by atoms with E-state index in [1.54, 1.807) is 16.4 Å². The highest BCUT2D eigenvalue weighted by molar-refractivity contribution is 7.99. The highest BCUT2D eigenvalue weighted by Crippen LogP contribution is 2.42. The number of esters is 1. The fourth-order valence-corrected chi connectivity index (χ4v) is 4.79. The topological polar surface area (TPSA) is 86.1 Å². The van der Waals surface area contributed by atoms with Crippen molar-refractivity contribution in [1.82, 2.24) is 14.8 Å². The summed E-state index contributed by atoms with van der Waals surface area (Å²) in [6, 6.07) is 7.88. The second-order valence-electron chi connectivity index (χ2n) is 7.16. The fraction of sp³-hybridized carbons (Fsp3) is 0.400. The molecule has 0 unspecified atom stereocenters. The molecule has 0 fully saturated rings. The number of hydrogen-bond acceptors (Lipinski definition) is 8. The molecule has 29 heavy (non-hydrogen) atoms. The first kappa shape index (κ1) is 20.0. The lowest BCUT2D eigenvalue weighted by Crippen LogP contribution is -2.33. The molecule has 0 amide bonds. The summed E-state index contributed by atoms with van der Waals surface area (Å²) in [4.78, 5) is 30.2. The van der Waals surface area contributed by atoms with Gasteiger partial charge in [0.1, 0.15) is 6.04 Å². The van der Waals surface area contributed by atoms with Gasteiger partial charge in [0.2, 0.25) is 11.1 Å². The van der Waals surface area contributed by atoms with Gasteiger partial charge in [-0.3, -0.25) is 9.59 Å². The van der Waals surface area contributed by atoms with Crippen LogP contribution in [-0.2, 0) is 14.3 Å². The number of fused-ring (bicyclic) bond motifs is 1. The van der Waals surface area contributed by atoms with E-state index in [4.69, 9.17) is 4.74 Å². The Morgan fingerprint density at radius 3 is 2.76 bits per heavy atom. The Morgan fingerprint density at radius 2 is 2.07 bits per heavy atom. The molecule has 0 saturated carbocycles. The number of methoxy groups -OCH3 is 1. The first-order valence-electron chi connectivity index (χ1n) is 9.33. The zero-order valence-corrected chi connectivity index (χ0v) is 18.1. The molecule has 152 valence electrons. The smallest absolute Gasteiger partial charge is 0.316 e. The number of anilines is 1. The predicted molar refractivity (Wildman–Crippen MR) is 113 cm³/mol. The second-order valence-corrected chi connectivity index (χ2v) is 8.98. The minimum Gasteiger partial charge on any atom is -0.468 e. The van der Waals surface area contributed by atoms with E-state index >= 15 is 0 Å². The number of rotatable bonds is 5. The molecule has 2 aliphatic rings. The molecule has 1 aliphatic heterocycles. The van der Waals surface area contributed by atoms with Crippen LogP contribution in [0.3, 0.4) is 0 Å². The minimum absolute atomic E-state index is 0.135. The van der Waals surface area contributed by atoms with Crippen LogP contribution in [0.15, 0.2) is 45.6 Å². The predicted octanol–water partition coefficient (Wildman–Crippen LogP) is 3.53. The largest absolute Gasteiger partial charge is 0.468 e. The Balaban J connectivity index is 1.75. The molecule has 1 aromatic carbocycles. The number of hydrogen-bond donors (Lipinski definition) is 1. The van der Waals surface area contributed by atoms with Crippen LogP contribution in [0.1, 0.15) is 31.4 Å². The van der Waals surface area contributed by atoms with Crippen LogP contribution in [0, 0.1) is 5.92 Å². The third kappa shape index (κ3) is 3.93. The van der Waals surface area contributed by atoms with Crippen molar-refractivity contribution in [2.45, 2.75) is 35.9 Å². The number of thioether (sulfide) groups is 2. The number of carbonyl (C=O) groups excluding carboxylic acids is 2. The lowest BCUT2D eigenvalue weighted by molar-refractivity contribution is -0.137. The number of nitrogens with zero attached hydrogens (tertiary/aromatic N) is 3. The van der Waals surface area contributed by atoms with Crippen LogP contribution in [0.25, 0.3) is 0 Å². The molecule has 7 nitrogen and oxygen atoms in total. The Labute approximate surface area is 177 Å². The van der Waals surface area contributed by atoms with Gasteiger partial charge in [-0.15, -0.1) is 16.9 Å². The van der Waals surface area contributed by atoms with Crippen molar-refractivity contribution in [2.24, 2.45) is 5.92 Å². The number of ether oxygens (including phenoxy) is 1. The summed E-state index contributed by atoms with van der Waals surface area (Å²) in [6.07, 6.45) is 3.37. The maximum atomic E-state index is 13.0. The van der Waals surface area contributed by atoms with Crippen LogP contribution in [0.4, 0.5) is 5.95 Å². The standard InChI is InChI=1S/C20H22N4O3S2/c1-11-8-14-17(15(25)9-11)18(12-4-6-13(28-3)7-5-12)24-19(21-14)22-20(23-24)29-10-16(26)27-2/h4-7,11,18H,8-10H2,1-3H3,(H,21,22,23)/t11-,18+/m0/s1. The Morgan fingerprint density at radius 1 is 1.31 bits per heavy atom. The first-order chi connectivity index (χ1) is 14.0. The summed E-state index contributed by atoms with van der Waals surface area (Å²) >= 11 is 2.90. The Kier molecular flexibility index (Phi) is 5.69. The van der Waals surface area contributed by atoms with Crippen molar-refractivity contribution in [2.75, 3.05) is 24.4 Å². The number of allylic oxidation sites excluding steroid dienone is 2. The monoisotopic (exact) mass is 430 g/mol. The molecule has 2 heterocycles. The minimum atomic E-state index is -0.332. The van der Waals surface area contributed by atoms with Crippen LogP contribution >= 0.6 is 23.5 Å². The molecular weight excluding hydrogens is 408 g/mol. The maximum Gasteiger partial charge on any atom is 0.316 e. The molecule has 0 radical (unpaired) electrons. The SMILES string of the molecule is COC(=O)CSc1nc2n(n1)[C@H](c1ccc(SC)cc1)C1=C(C[C@H](C)CC1=O)N2. The summed E-state index contributed by atoms with van der Waals surface area (Å²) < 4.78 is 6.46. The normalized spacial score (nSPS) is 20.7. The molecular formula is C20H22N4O3S2. The second kappa shape index (κ2) is 8.23. The number of benzene rings is 1. The van der Waals surface area contributed by atoms with Crippen LogP contribution in [-0.4, -0.2) is 45.6 Å². The molecule has 2 atom stereocenters. The van der Waals surface area contributed by atoms with Gasteiger partial charge in [0.25, 0.3) is 0 Å². The number of nitrogens with one attached hydrogen (secondary N) is 1. The molecule has 1 aromatic heterocycles. The van der Waals surface area contributed by atoms with Gasteiger partial charge in [-0.25, -0.2) is 4.68 Å².